The lowest BCUT2D eigenvalue weighted by atomic mass is 9.98. The SMILES string of the molecule is CC(C1=N[C@@H]2[C@@H](O)[C@H](O)[C@@H](CN)O[C@@H]2S1)N(C(=O)O)C(C)(C)C. The van der Waals surface area contributed by atoms with Gasteiger partial charge in [-0.05, 0) is 27.7 Å². The highest BCUT2D eigenvalue weighted by atomic mass is 32.2. The van der Waals surface area contributed by atoms with Crippen LogP contribution in [0.5, 0.6) is 0 Å². The van der Waals surface area contributed by atoms with Crippen molar-refractivity contribution in [3.05, 3.63) is 0 Å². The molecule has 2 rings (SSSR count). The lowest BCUT2D eigenvalue weighted by Gasteiger charge is -2.38. The molecule has 1 fully saturated rings. The maximum atomic E-state index is 11.6. The summed E-state index contributed by atoms with van der Waals surface area (Å²) in [6.07, 6.45) is -3.86. The molecule has 0 saturated carbocycles. The van der Waals surface area contributed by atoms with Crippen LogP contribution in [0.15, 0.2) is 4.99 Å². The summed E-state index contributed by atoms with van der Waals surface area (Å²) in [6, 6.07) is -1.10. The summed E-state index contributed by atoms with van der Waals surface area (Å²) in [4.78, 5) is 17.3. The number of hydrogen-bond donors (Lipinski definition) is 4. The smallest absolute Gasteiger partial charge is 0.408 e. The van der Waals surface area contributed by atoms with E-state index in [1.165, 1.54) is 16.7 Å². The average molecular weight is 347 g/mol. The molecule has 1 saturated heterocycles. The average Bonchev–Trinajstić information content (AvgIpc) is 2.85. The number of hydrogen-bond acceptors (Lipinski definition) is 7. The number of nitrogens with two attached hydrogens (primary N) is 1. The molecule has 9 heteroatoms. The lowest BCUT2D eigenvalue weighted by Crippen LogP contribution is -2.56. The van der Waals surface area contributed by atoms with Crippen molar-refractivity contribution in [2.24, 2.45) is 10.7 Å². The molecule has 2 aliphatic rings. The molecular weight excluding hydrogens is 322 g/mol. The van der Waals surface area contributed by atoms with Crippen molar-refractivity contribution in [2.75, 3.05) is 6.54 Å². The summed E-state index contributed by atoms with van der Waals surface area (Å²) in [5, 5.41) is 30.3. The van der Waals surface area contributed by atoms with Gasteiger partial charge < -0.3 is 25.8 Å². The Morgan fingerprint density at radius 2 is 2.04 bits per heavy atom. The number of nitrogens with zero attached hydrogens (tertiary/aromatic N) is 2. The molecule has 2 aliphatic heterocycles. The molecule has 8 nitrogen and oxygen atoms in total. The van der Waals surface area contributed by atoms with Gasteiger partial charge in [0.15, 0.2) is 0 Å². The highest BCUT2D eigenvalue weighted by molar-refractivity contribution is 8.14. The molecule has 0 aromatic rings. The molecule has 1 amide bonds. The first-order chi connectivity index (χ1) is 10.6. The minimum absolute atomic E-state index is 0.0934. The molecular formula is C14H25N3O5S. The first-order valence-corrected chi connectivity index (χ1v) is 8.44. The number of amides is 1. The van der Waals surface area contributed by atoms with E-state index in [-0.39, 0.29) is 6.54 Å². The molecule has 0 aromatic heterocycles. The maximum absolute atomic E-state index is 11.6. The van der Waals surface area contributed by atoms with Crippen LogP contribution in [0.25, 0.3) is 0 Å². The van der Waals surface area contributed by atoms with Crippen LogP contribution >= 0.6 is 11.8 Å². The van der Waals surface area contributed by atoms with E-state index in [4.69, 9.17) is 10.5 Å². The molecule has 0 radical (unpaired) electrons. The predicted octanol–water partition coefficient (Wildman–Crippen LogP) is 0.0727. The van der Waals surface area contributed by atoms with Crippen molar-refractivity contribution >= 4 is 22.9 Å². The third-order valence-corrected chi connectivity index (χ3v) is 5.40. The van der Waals surface area contributed by atoms with Crippen LogP contribution in [0.3, 0.4) is 0 Å². The summed E-state index contributed by atoms with van der Waals surface area (Å²) in [5.41, 5.74) is 4.49. The van der Waals surface area contributed by atoms with Gasteiger partial charge in [0.2, 0.25) is 0 Å². The minimum atomic E-state index is -1.10. The zero-order chi connectivity index (χ0) is 17.5. The molecule has 0 aliphatic carbocycles. The molecule has 1 unspecified atom stereocenters. The van der Waals surface area contributed by atoms with Gasteiger partial charge in [0.25, 0.3) is 0 Å². The zero-order valence-corrected chi connectivity index (χ0v) is 14.5. The quantitative estimate of drug-likeness (QED) is 0.569. The first kappa shape index (κ1) is 18.5. The third kappa shape index (κ3) is 3.48. The molecule has 132 valence electrons. The maximum Gasteiger partial charge on any atom is 0.408 e. The Labute approximate surface area is 139 Å². The molecule has 5 N–H and O–H groups in total. The number of fused-ring (bicyclic) bond motifs is 1. The Morgan fingerprint density at radius 3 is 2.52 bits per heavy atom. The van der Waals surface area contributed by atoms with Gasteiger partial charge in [-0.25, -0.2) is 4.79 Å². The fourth-order valence-corrected chi connectivity index (χ4v) is 4.28. The number of carbonyl (C=O) groups is 1. The van der Waals surface area contributed by atoms with Crippen LogP contribution in [-0.2, 0) is 4.74 Å². The number of rotatable bonds is 3. The van der Waals surface area contributed by atoms with Crippen LogP contribution in [0, 0.1) is 0 Å². The van der Waals surface area contributed by atoms with Crippen LogP contribution in [0.4, 0.5) is 4.79 Å². The Balaban J connectivity index is 2.21. The van der Waals surface area contributed by atoms with E-state index < -0.39 is 47.5 Å². The largest absolute Gasteiger partial charge is 0.465 e. The Morgan fingerprint density at radius 1 is 1.43 bits per heavy atom. The summed E-state index contributed by atoms with van der Waals surface area (Å²) >= 11 is 1.29. The second-order valence-corrected chi connectivity index (χ2v) is 7.95. The van der Waals surface area contributed by atoms with Crippen LogP contribution in [-0.4, -0.2) is 79.3 Å². The zero-order valence-electron chi connectivity index (χ0n) is 13.7. The monoisotopic (exact) mass is 347 g/mol. The molecule has 0 spiro atoms. The second-order valence-electron chi connectivity index (χ2n) is 6.83. The number of carboxylic acid groups (broad SMARTS) is 1. The Kier molecular flexibility index (Phi) is 5.27. The number of ether oxygens (including phenoxy) is 1. The molecule has 23 heavy (non-hydrogen) atoms. The van der Waals surface area contributed by atoms with Crippen LogP contribution in [0.1, 0.15) is 27.7 Å². The van der Waals surface area contributed by atoms with E-state index in [0.717, 1.165) is 0 Å². The van der Waals surface area contributed by atoms with Gasteiger partial charge in [-0.15, -0.1) is 0 Å². The van der Waals surface area contributed by atoms with Gasteiger partial charge in [0, 0.05) is 12.1 Å². The first-order valence-electron chi connectivity index (χ1n) is 7.56. The van der Waals surface area contributed by atoms with Gasteiger partial charge in [-0.3, -0.25) is 9.89 Å². The molecule has 6 atom stereocenters. The number of thioether (sulfide) groups is 1. The molecule has 0 bridgehead atoms. The van der Waals surface area contributed by atoms with Gasteiger partial charge in [-0.1, -0.05) is 11.8 Å². The van der Waals surface area contributed by atoms with Gasteiger partial charge in [-0.2, -0.15) is 0 Å². The number of aliphatic imine (C=N–C) groups is 1. The molecule has 0 aromatic carbocycles. The highest BCUT2D eigenvalue weighted by Gasteiger charge is 2.49. The fourth-order valence-electron chi connectivity index (χ4n) is 2.99. The van der Waals surface area contributed by atoms with E-state index in [1.807, 2.05) is 20.8 Å². The van der Waals surface area contributed by atoms with E-state index >= 15 is 0 Å². The normalized spacial score (nSPS) is 35.4. The van der Waals surface area contributed by atoms with Crippen LogP contribution < -0.4 is 5.73 Å². The topological polar surface area (TPSA) is 129 Å². The minimum Gasteiger partial charge on any atom is -0.465 e. The summed E-state index contributed by atoms with van der Waals surface area (Å²) in [5.74, 6) is 0. The van der Waals surface area contributed by atoms with Crippen molar-refractivity contribution in [2.45, 2.75) is 69.1 Å². The Bertz CT molecular complexity index is 495. The lowest BCUT2D eigenvalue weighted by molar-refractivity contribution is -0.148. The van der Waals surface area contributed by atoms with E-state index in [0.29, 0.717) is 5.04 Å². The Hall–Kier alpha value is -0.870. The van der Waals surface area contributed by atoms with E-state index in [9.17, 15) is 20.1 Å². The van der Waals surface area contributed by atoms with E-state index in [2.05, 4.69) is 4.99 Å². The number of aliphatic hydroxyl groups is 2. The van der Waals surface area contributed by atoms with E-state index in [1.54, 1.807) is 6.92 Å². The summed E-state index contributed by atoms with van der Waals surface area (Å²) in [7, 11) is 0. The summed E-state index contributed by atoms with van der Waals surface area (Å²) < 4.78 is 5.70. The van der Waals surface area contributed by atoms with Crippen molar-refractivity contribution in [3.63, 3.8) is 0 Å². The van der Waals surface area contributed by atoms with Gasteiger partial charge >= 0.3 is 6.09 Å². The van der Waals surface area contributed by atoms with Crippen LogP contribution in [0.2, 0.25) is 0 Å². The van der Waals surface area contributed by atoms with Crippen molar-refractivity contribution in [3.8, 4) is 0 Å². The second kappa shape index (κ2) is 6.56. The standard InChI is InChI=1S/C14H25N3O5S/c1-6(17(13(20)21)14(2,3)4)11-16-8-10(19)9(18)7(5-15)22-12(8)23-11/h6-10,12,18-19H,5,15H2,1-4H3,(H,20,21)/t6?,7-,8-,9-,10-,12-/m1/s1. The van der Waals surface area contributed by atoms with Crippen molar-refractivity contribution in [1.29, 1.82) is 0 Å². The predicted molar refractivity (Wildman–Crippen MR) is 87.6 cm³/mol. The van der Waals surface area contributed by atoms with Crippen molar-refractivity contribution in [1.82, 2.24) is 4.90 Å². The third-order valence-electron chi connectivity index (χ3n) is 4.09. The van der Waals surface area contributed by atoms with Crippen molar-refractivity contribution < 1.29 is 24.9 Å². The summed E-state index contributed by atoms with van der Waals surface area (Å²) in [6.45, 7) is 7.28. The number of aliphatic hydroxyl groups excluding tert-OH is 2. The fraction of sp³-hybridized carbons (Fsp3) is 0.857. The highest BCUT2D eigenvalue weighted by Crippen LogP contribution is 2.38. The van der Waals surface area contributed by atoms with Gasteiger partial charge in [0.05, 0.1) is 17.2 Å². The molecule has 2 heterocycles. The van der Waals surface area contributed by atoms with Gasteiger partial charge in [0.1, 0.15) is 23.7 Å².